The van der Waals surface area contributed by atoms with Crippen molar-refractivity contribution in [2.45, 2.75) is 6.92 Å². The minimum Gasteiger partial charge on any atom is -0.289 e. The van der Waals surface area contributed by atoms with Gasteiger partial charge in [0.2, 0.25) is 0 Å². The minimum atomic E-state index is 0.0324. The van der Waals surface area contributed by atoms with Crippen LogP contribution in [0, 0.1) is 0 Å². The monoisotopic (exact) mass is 224 g/mol. The van der Waals surface area contributed by atoms with Crippen LogP contribution in [0.25, 0.3) is 0 Å². The average Bonchev–Trinajstić information content (AvgIpc) is 2.05. The van der Waals surface area contributed by atoms with Crippen LogP contribution in [0.1, 0.15) is 17.3 Å². The molecular formula is C10H9BrO. The van der Waals surface area contributed by atoms with E-state index in [-0.39, 0.29) is 5.78 Å². The third-order valence-electron chi connectivity index (χ3n) is 1.46. The predicted octanol–water partition coefficient (Wildman–Crippen LogP) is 3.21. The van der Waals surface area contributed by atoms with E-state index in [1.807, 2.05) is 25.1 Å². The molecular weight excluding hydrogens is 216 g/mol. The van der Waals surface area contributed by atoms with Gasteiger partial charge in [0, 0.05) is 10.0 Å². The molecule has 0 fully saturated rings. The Morgan fingerprint density at radius 3 is 2.67 bits per heavy atom. The number of benzene rings is 1. The fourth-order valence-corrected chi connectivity index (χ4v) is 1.38. The summed E-state index contributed by atoms with van der Waals surface area (Å²) in [5.74, 6) is 0.0324. The summed E-state index contributed by atoms with van der Waals surface area (Å²) in [5.41, 5.74) is 0.704. The van der Waals surface area contributed by atoms with Crippen LogP contribution in [0.3, 0.4) is 0 Å². The van der Waals surface area contributed by atoms with Crippen LogP contribution in [0.4, 0.5) is 0 Å². The summed E-state index contributed by atoms with van der Waals surface area (Å²) in [6.07, 6.45) is 3.29. The first kappa shape index (κ1) is 9.20. The molecule has 1 aromatic carbocycles. The van der Waals surface area contributed by atoms with E-state index in [9.17, 15) is 4.79 Å². The fourth-order valence-electron chi connectivity index (χ4n) is 0.902. The quantitative estimate of drug-likeness (QED) is 0.557. The van der Waals surface area contributed by atoms with Crippen molar-refractivity contribution in [1.29, 1.82) is 0 Å². The van der Waals surface area contributed by atoms with Crippen LogP contribution in [-0.2, 0) is 0 Å². The van der Waals surface area contributed by atoms with Gasteiger partial charge in [0.1, 0.15) is 0 Å². The predicted molar refractivity (Wildman–Crippen MR) is 53.3 cm³/mol. The molecule has 0 aliphatic heterocycles. The van der Waals surface area contributed by atoms with Crippen molar-refractivity contribution in [2.24, 2.45) is 0 Å². The fraction of sp³-hybridized carbons (Fsp3) is 0.100. The zero-order valence-electron chi connectivity index (χ0n) is 6.75. The van der Waals surface area contributed by atoms with Gasteiger partial charge in [0.15, 0.2) is 5.78 Å². The first-order valence-electron chi connectivity index (χ1n) is 3.67. The summed E-state index contributed by atoms with van der Waals surface area (Å²) in [6.45, 7) is 1.83. The van der Waals surface area contributed by atoms with E-state index in [2.05, 4.69) is 15.9 Å². The number of carbonyl (C=O) groups is 1. The summed E-state index contributed by atoms with van der Waals surface area (Å²) in [4.78, 5) is 11.3. The van der Waals surface area contributed by atoms with Crippen LogP contribution < -0.4 is 0 Å². The van der Waals surface area contributed by atoms with E-state index in [0.29, 0.717) is 5.56 Å². The number of allylic oxidation sites excluding steroid dienone is 2. The Bertz CT molecular complexity index is 315. The number of hydrogen-bond acceptors (Lipinski definition) is 1. The Morgan fingerprint density at radius 2 is 2.08 bits per heavy atom. The maximum absolute atomic E-state index is 11.3. The topological polar surface area (TPSA) is 17.1 Å². The van der Waals surface area contributed by atoms with Crippen LogP contribution in [-0.4, -0.2) is 5.78 Å². The molecule has 0 aromatic heterocycles. The van der Waals surface area contributed by atoms with Crippen LogP contribution in [0.5, 0.6) is 0 Å². The lowest BCUT2D eigenvalue weighted by molar-refractivity contribution is 0.104. The van der Waals surface area contributed by atoms with Gasteiger partial charge in [-0.25, -0.2) is 0 Å². The van der Waals surface area contributed by atoms with E-state index < -0.39 is 0 Å². The molecule has 0 heterocycles. The Labute approximate surface area is 80.2 Å². The molecule has 0 aliphatic carbocycles. The van der Waals surface area contributed by atoms with Crippen LogP contribution in [0.15, 0.2) is 40.9 Å². The second-order valence-corrected chi connectivity index (χ2v) is 3.20. The van der Waals surface area contributed by atoms with Gasteiger partial charge >= 0.3 is 0 Å². The van der Waals surface area contributed by atoms with E-state index >= 15 is 0 Å². The summed E-state index contributed by atoms with van der Waals surface area (Å²) >= 11 is 3.31. The smallest absolute Gasteiger partial charge is 0.186 e. The number of rotatable bonds is 2. The van der Waals surface area contributed by atoms with Gasteiger partial charge in [-0.2, -0.15) is 0 Å². The van der Waals surface area contributed by atoms with Crippen LogP contribution in [0.2, 0.25) is 0 Å². The average molecular weight is 225 g/mol. The number of halogens is 1. The van der Waals surface area contributed by atoms with Gasteiger partial charge < -0.3 is 0 Å². The van der Waals surface area contributed by atoms with Crippen LogP contribution >= 0.6 is 15.9 Å². The highest BCUT2D eigenvalue weighted by molar-refractivity contribution is 9.10. The maximum atomic E-state index is 11.3. The molecule has 0 saturated carbocycles. The Kier molecular flexibility index (Phi) is 3.23. The van der Waals surface area contributed by atoms with Crippen molar-refractivity contribution in [3.8, 4) is 0 Å². The Morgan fingerprint density at radius 1 is 1.42 bits per heavy atom. The van der Waals surface area contributed by atoms with E-state index in [4.69, 9.17) is 0 Å². The lowest BCUT2D eigenvalue weighted by Crippen LogP contribution is -1.94. The highest BCUT2D eigenvalue weighted by Gasteiger charge is 2.03. The van der Waals surface area contributed by atoms with E-state index in [1.165, 1.54) is 0 Å². The molecule has 0 bridgehead atoms. The molecule has 0 radical (unpaired) electrons. The molecule has 0 N–H and O–H groups in total. The largest absolute Gasteiger partial charge is 0.289 e. The van der Waals surface area contributed by atoms with Gasteiger partial charge in [0.05, 0.1) is 0 Å². The van der Waals surface area contributed by atoms with Gasteiger partial charge in [-0.15, -0.1) is 0 Å². The molecule has 1 aromatic rings. The van der Waals surface area contributed by atoms with Gasteiger partial charge in [-0.3, -0.25) is 4.79 Å². The van der Waals surface area contributed by atoms with Gasteiger partial charge in [-0.1, -0.05) is 34.1 Å². The SMILES string of the molecule is C/C=C/C(=O)c1ccccc1Br. The van der Waals surface area contributed by atoms with Crippen molar-refractivity contribution in [2.75, 3.05) is 0 Å². The maximum Gasteiger partial charge on any atom is 0.186 e. The van der Waals surface area contributed by atoms with Crippen molar-refractivity contribution >= 4 is 21.7 Å². The normalized spacial score (nSPS) is 10.5. The summed E-state index contributed by atoms with van der Waals surface area (Å²) in [7, 11) is 0. The second-order valence-electron chi connectivity index (χ2n) is 2.34. The Balaban J connectivity index is 3.03. The zero-order valence-corrected chi connectivity index (χ0v) is 8.34. The molecule has 0 spiro atoms. The highest BCUT2D eigenvalue weighted by Crippen LogP contribution is 2.16. The molecule has 2 heteroatoms. The molecule has 0 saturated heterocycles. The molecule has 62 valence electrons. The molecule has 0 unspecified atom stereocenters. The van der Waals surface area contributed by atoms with Crippen molar-refractivity contribution in [3.63, 3.8) is 0 Å². The molecule has 12 heavy (non-hydrogen) atoms. The van der Waals surface area contributed by atoms with Gasteiger partial charge in [-0.05, 0) is 25.1 Å². The second kappa shape index (κ2) is 4.21. The summed E-state index contributed by atoms with van der Waals surface area (Å²) < 4.78 is 0.841. The summed E-state index contributed by atoms with van der Waals surface area (Å²) in [5, 5.41) is 0. The first-order valence-corrected chi connectivity index (χ1v) is 4.46. The third-order valence-corrected chi connectivity index (χ3v) is 2.15. The van der Waals surface area contributed by atoms with Crippen molar-refractivity contribution < 1.29 is 4.79 Å². The van der Waals surface area contributed by atoms with Crippen molar-refractivity contribution in [3.05, 3.63) is 46.5 Å². The summed E-state index contributed by atoms with van der Waals surface area (Å²) in [6, 6.07) is 7.39. The molecule has 1 rings (SSSR count). The number of ketones is 1. The van der Waals surface area contributed by atoms with Gasteiger partial charge in [0.25, 0.3) is 0 Å². The Hall–Kier alpha value is -0.890. The zero-order chi connectivity index (χ0) is 8.97. The lowest BCUT2D eigenvalue weighted by atomic mass is 10.1. The number of carbonyl (C=O) groups excluding carboxylic acids is 1. The first-order chi connectivity index (χ1) is 5.75. The molecule has 0 aliphatic rings. The lowest BCUT2D eigenvalue weighted by Gasteiger charge is -1.97. The molecule has 0 atom stereocenters. The number of hydrogen-bond donors (Lipinski definition) is 0. The third kappa shape index (κ3) is 2.05. The molecule has 1 nitrogen and oxygen atoms in total. The highest BCUT2D eigenvalue weighted by atomic mass is 79.9. The van der Waals surface area contributed by atoms with E-state index in [1.54, 1.807) is 18.2 Å². The minimum absolute atomic E-state index is 0.0324. The standard InChI is InChI=1S/C10H9BrO/c1-2-5-10(12)8-6-3-4-7-9(8)11/h2-7H,1H3/b5-2+. The molecule has 0 amide bonds. The van der Waals surface area contributed by atoms with E-state index in [0.717, 1.165) is 4.47 Å². The van der Waals surface area contributed by atoms with Crippen molar-refractivity contribution in [1.82, 2.24) is 0 Å².